The molecule has 4 nitrogen and oxygen atoms in total. The monoisotopic (exact) mass is 360 g/mol. The molecule has 1 fully saturated rings. The Labute approximate surface area is 165 Å². The van der Waals surface area contributed by atoms with E-state index in [0.29, 0.717) is 11.1 Å². The second-order valence-electron chi connectivity index (χ2n) is 6.53. The second kappa shape index (κ2) is 8.78. The average Bonchev–Trinajstić information content (AvgIpc) is 2.77. The number of nitrogens with zero attached hydrogens (tertiary/aromatic N) is 2. The van der Waals surface area contributed by atoms with Gasteiger partial charge >= 0.3 is 0 Å². The Hall–Kier alpha value is -1.72. The first kappa shape index (κ1) is 12.6. The van der Waals surface area contributed by atoms with Crippen LogP contribution in [0.4, 0.5) is 0 Å². The Morgan fingerprint density at radius 2 is 1.08 bits per heavy atom. The van der Waals surface area contributed by atoms with Crippen molar-refractivity contribution in [2.75, 3.05) is 26.0 Å². The van der Waals surface area contributed by atoms with Crippen LogP contribution in [-0.4, -0.2) is 58.1 Å². The van der Waals surface area contributed by atoms with Gasteiger partial charge in [0.1, 0.15) is 0 Å². The molecule has 0 aliphatic carbocycles. The van der Waals surface area contributed by atoms with Crippen LogP contribution in [0.3, 0.4) is 0 Å². The van der Waals surface area contributed by atoms with Crippen LogP contribution in [0.5, 0.6) is 0 Å². The van der Waals surface area contributed by atoms with Crippen molar-refractivity contribution in [3.05, 3.63) is 71.8 Å². The lowest BCUT2D eigenvalue weighted by Crippen LogP contribution is -2.54. The van der Waals surface area contributed by atoms with Gasteiger partial charge in [-0.1, -0.05) is 60.7 Å². The molecule has 26 heavy (non-hydrogen) atoms. The van der Waals surface area contributed by atoms with Crippen LogP contribution in [0.1, 0.15) is 45.4 Å². The summed E-state index contributed by atoms with van der Waals surface area (Å²) in [5.41, 5.74) is 1.03. The smallest absolute Gasteiger partial charge is 0.0942 e. The lowest BCUT2D eigenvalue weighted by atomic mass is 10.00. The summed E-state index contributed by atoms with van der Waals surface area (Å²) in [4.78, 5) is 1.86. The molecule has 2 aromatic rings. The van der Waals surface area contributed by atoms with Gasteiger partial charge in [0.15, 0.2) is 0 Å². The maximum atomic E-state index is 10.8. The summed E-state index contributed by atoms with van der Waals surface area (Å²) in [5.74, 6) is 0. The molecule has 0 aromatic heterocycles. The molecule has 1 heterocycles. The highest BCUT2D eigenvalue weighted by molar-refractivity contribution is 5.19. The van der Waals surface area contributed by atoms with Gasteiger partial charge in [-0.2, -0.15) is 0 Å². The van der Waals surface area contributed by atoms with Gasteiger partial charge in [0.05, 0.1) is 12.2 Å². The Balaban J connectivity index is 1.95. The van der Waals surface area contributed by atoms with Crippen LogP contribution in [0.15, 0.2) is 60.7 Å². The van der Waals surface area contributed by atoms with E-state index in [1.54, 1.807) is 60.7 Å². The Morgan fingerprint density at radius 3 is 1.42 bits per heavy atom. The summed E-state index contributed by atoms with van der Waals surface area (Å²) < 4.78 is 51.8. The predicted molar refractivity (Wildman–Crippen MR) is 105 cm³/mol. The highest BCUT2D eigenvalue weighted by Gasteiger charge is 2.30. The molecule has 0 unspecified atom stereocenters. The van der Waals surface area contributed by atoms with Gasteiger partial charge in [0.2, 0.25) is 0 Å². The fourth-order valence-electron chi connectivity index (χ4n) is 2.97. The van der Waals surface area contributed by atoms with E-state index in [0.717, 1.165) is 9.80 Å². The molecule has 2 aromatic carbocycles. The summed E-state index contributed by atoms with van der Waals surface area (Å²) in [6.45, 7) is -5.41. The molecule has 4 heteroatoms. The SMILES string of the molecule is [2H][C@@H]1[C@@H]([2H])N([C@H](C)[C@@H](O)c2ccccc2)C([2H])([2H])C([2H])([2H])N1[C@H](C)[C@@H](O)c1ccccc1. The largest absolute Gasteiger partial charge is 0.387 e. The summed E-state index contributed by atoms with van der Waals surface area (Å²) in [6.07, 6.45) is -2.36. The van der Waals surface area contributed by atoms with Crippen LogP contribution in [0.25, 0.3) is 0 Å². The Morgan fingerprint density at radius 1 is 0.731 bits per heavy atom. The average molecular weight is 361 g/mol. The molecule has 1 aliphatic heterocycles. The minimum atomic E-state index is -2.73. The third-order valence-corrected chi connectivity index (χ3v) is 4.77. The number of benzene rings is 2. The van der Waals surface area contributed by atoms with Crippen molar-refractivity contribution in [2.24, 2.45) is 0 Å². The normalized spacial score (nSPS) is 34.0. The van der Waals surface area contributed by atoms with E-state index >= 15 is 0 Å². The van der Waals surface area contributed by atoms with E-state index in [1.807, 2.05) is 0 Å². The molecule has 0 saturated carbocycles. The molecule has 1 aliphatic rings. The lowest BCUT2D eigenvalue weighted by Gasteiger charge is -2.42. The van der Waals surface area contributed by atoms with E-state index in [9.17, 15) is 10.2 Å². The topological polar surface area (TPSA) is 46.9 Å². The van der Waals surface area contributed by atoms with E-state index in [-0.39, 0.29) is 0 Å². The first-order chi connectivity index (χ1) is 14.9. The molecule has 140 valence electrons. The third-order valence-electron chi connectivity index (χ3n) is 4.77. The number of aliphatic hydroxyl groups excluding tert-OH is 2. The fraction of sp³-hybridized carbons (Fsp3) is 0.455. The molecule has 0 bridgehead atoms. The van der Waals surface area contributed by atoms with E-state index in [2.05, 4.69) is 0 Å². The number of piperazine rings is 1. The molecule has 0 spiro atoms. The molecule has 0 radical (unpaired) electrons. The quantitative estimate of drug-likeness (QED) is 0.832. The Bertz CT molecular complexity index is 815. The Kier molecular flexibility index (Phi) is 4.26. The van der Waals surface area contributed by atoms with Gasteiger partial charge in [-0.15, -0.1) is 0 Å². The van der Waals surface area contributed by atoms with Gasteiger partial charge in [-0.05, 0) is 25.0 Å². The van der Waals surface area contributed by atoms with Crippen LogP contribution in [-0.2, 0) is 0 Å². The second-order valence-corrected chi connectivity index (χ2v) is 6.53. The number of hydrogen-bond acceptors (Lipinski definition) is 4. The minimum Gasteiger partial charge on any atom is -0.387 e. The number of aliphatic hydroxyl groups is 2. The first-order valence-electron chi connectivity index (χ1n) is 12.0. The summed E-state index contributed by atoms with van der Waals surface area (Å²) in [7, 11) is 0. The van der Waals surface area contributed by atoms with E-state index in [1.165, 1.54) is 13.8 Å². The molecule has 3 rings (SSSR count). The van der Waals surface area contributed by atoms with Crippen molar-refractivity contribution < 1.29 is 18.4 Å². The maximum absolute atomic E-state index is 10.8. The van der Waals surface area contributed by atoms with Crippen molar-refractivity contribution in [1.29, 1.82) is 0 Å². The van der Waals surface area contributed by atoms with E-state index < -0.39 is 50.3 Å². The zero-order valence-corrected chi connectivity index (χ0v) is 15.0. The molecular formula is C22H30N2O2. The summed E-state index contributed by atoms with van der Waals surface area (Å²) in [5, 5.41) is 21.7. The van der Waals surface area contributed by atoms with Crippen molar-refractivity contribution in [1.82, 2.24) is 9.80 Å². The van der Waals surface area contributed by atoms with Crippen LogP contribution >= 0.6 is 0 Å². The van der Waals surface area contributed by atoms with Crippen molar-refractivity contribution in [2.45, 2.75) is 38.1 Å². The number of hydrogen-bond donors (Lipinski definition) is 2. The minimum absolute atomic E-state index is 0.514. The summed E-state index contributed by atoms with van der Waals surface area (Å²) >= 11 is 0. The van der Waals surface area contributed by atoms with E-state index in [4.69, 9.17) is 8.22 Å². The van der Waals surface area contributed by atoms with Gasteiger partial charge in [0.25, 0.3) is 0 Å². The van der Waals surface area contributed by atoms with Gasteiger partial charge in [-0.25, -0.2) is 0 Å². The molecular weight excluding hydrogens is 324 g/mol. The van der Waals surface area contributed by atoms with Crippen molar-refractivity contribution in [3.8, 4) is 0 Å². The molecule has 0 amide bonds. The van der Waals surface area contributed by atoms with Gasteiger partial charge in [-0.3, -0.25) is 9.80 Å². The maximum Gasteiger partial charge on any atom is 0.0942 e. The highest BCUT2D eigenvalue weighted by Crippen LogP contribution is 2.25. The van der Waals surface area contributed by atoms with Crippen LogP contribution in [0.2, 0.25) is 0 Å². The zero-order valence-electron chi connectivity index (χ0n) is 21.0. The molecule has 2 N–H and O–H groups in total. The van der Waals surface area contributed by atoms with Crippen LogP contribution in [0, 0.1) is 0 Å². The lowest BCUT2D eigenvalue weighted by molar-refractivity contribution is -0.00761. The van der Waals surface area contributed by atoms with Gasteiger partial charge < -0.3 is 10.2 Å². The standard InChI is InChI=1S/C22H30N2O2/c1-17(21(25)19-9-5-3-6-10-19)23-13-15-24(16-14-23)18(2)22(26)20-11-7-4-8-12-20/h3-12,17-18,21-22,25-26H,13-16H2,1-2H3/t17-,18-,21-,22-/m1/s1/i13D,14D2,15D,16D2/t13-,15-,17-,18-,21-,22-. The predicted octanol–water partition coefficient (Wildman–Crippen LogP) is 2.85. The molecule has 6 atom stereocenters. The van der Waals surface area contributed by atoms with Crippen LogP contribution < -0.4 is 0 Å². The number of rotatable bonds is 6. The van der Waals surface area contributed by atoms with Crippen molar-refractivity contribution >= 4 is 0 Å². The fourth-order valence-corrected chi connectivity index (χ4v) is 2.97. The highest BCUT2D eigenvalue weighted by atomic mass is 16.3. The molecule has 1 saturated heterocycles. The third kappa shape index (κ3) is 4.33. The van der Waals surface area contributed by atoms with Crippen molar-refractivity contribution in [3.63, 3.8) is 0 Å². The van der Waals surface area contributed by atoms with Gasteiger partial charge in [0, 0.05) is 46.3 Å². The summed E-state index contributed by atoms with van der Waals surface area (Å²) in [6, 6.07) is 15.2. The zero-order chi connectivity index (χ0) is 23.8. The first-order valence-corrected chi connectivity index (χ1v) is 8.80.